The fourth-order valence-corrected chi connectivity index (χ4v) is 4.37. The largest absolute Gasteiger partial charge is 0.415 e. The minimum Gasteiger partial charge on any atom is -0.415 e. The van der Waals surface area contributed by atoms with Gasteiger partial charge in [-0.3, -0.25) is 0 Å². The zero-order chi connectivity index (χ0) is 10.5. The van der Waals surface area contributed by atoms with Gasteiger partial charge in [0.25, 0.3) is 0 Å². The van der Waals surface area contributed by atoms with Crippen LogP contribution in [0.1, 0.15) is 39.5 Å². The van der Waals surface area contributed by atoms with Gasteiger partial charge in [0.05, 0.1) is 0 Å². The van der Waals surface area contributed by atoms with Crippen LogP contribution in [0, 0.1) is 0 Å². The average molecular weight is 328 g/mol. The van der Waals surface area contributed by atoms with Crippen molar-refractivity contribution in [1.82, 2.24) is 0 Å². The number of hydrogen-bond donors (Lipinski definition) is 1. The zero-order valence-corrected chi connectivity index (χ0v) is 12.8. The zero-order valence-electron chi connectivity index (χ0n) is 8.58. The van der Waals surface area contributed by atoms with Crippen molar-refractivity contribution >= 4 is 50.8 Å². The van der Waals surface area contributed by atoms with Gasteiger partial charge in [-0.15, -0.1) is 0 Å². The summed E-state index contributed by atoms with van der Waals surface area (Å²) in [6.07, 6.45) is 5.81. The topological polar surface area (TPSA) is 26.0 Å². The summed E-state index contributed by atoms with van der Waals surface area (Å²) >= 11 is 8.56. The summed E-state index contributed by atoms with van der Waals surface area (Å²) in [6, 6.07) is 0. The van der Waals surface area contributed by atoms with Crippen LogP contribution >= 0.6 is 12.2 Å². The maximum Gasteiger partial charge on any atom is -0.0708 e. The van der Waals surface area contributed by atoms with Crippen LogP contribution in [-0.2, 0) is 12.6 Å². The standard InChI is InChI=1S/2C4H9.CH3NS2.Sb/c2*1-3-4-2;2-1(3)4;/h2*1,3-4H2,2H3;(H3,2,3,4);/q;;;+1/p-1. The molecule has 0 bridgehead atoms. The van der Waals surface area contributed by atoms with E-state index in [9.17, 15) is 0 Å². The van der Waals surface area contributed by atoms with E-state index in [1.807, 2.05) is 0 Å². The average Bonchev–Trinajstić information content (AvgIpc) is 2.03. The van der Waals surface area contributed by atoms with Gasteiger partial charge in [-0.25, -0.2) is 0 Å². The first-order valence-corrected chi connectivity index (χ1v) is 9.17. The SMILES string of the molecule is CCC[CH2][Sb+][CH2]CCC.NC(=S)[S-]. The van der Waals surface area contributed by atoms with Crippen molar-refractivity contribution in [2.75, 3.05) is 0 Å². The third-order valence-electron chi connectivity index (χ3n) is 1.34. The third kappa shape index (κ3) is 32.2. The molecule has 0 fully saturated rings. The Hall–Kier alpha value is 0.928. The monoisotopic (exact) mass is 327 g/mol. The van der Waals surface area contributed by atoms with E-state index in [0.29, 0.717) is 21.6 Å². The van der Waals surface area contributed by atoms with Crippen molar-refractivity contribution in [3.63, 3.8) is 0 Å². The molecule has 2 radical (unpaired) electrons. The van der Waals surface area contributed by atoms with Gasteiger partial charge in [0.2, 0.25) is 0 Å². The molecule has 2 N–H and O–H groups in total. The van der Waals surface area contributed by atoms with Crippen LogP contribution in [0.15, 0.2) is 0 Å². The van der Waals surface area contributed by atoms with Crippen LogP contribution in [0.4, 0.5) is 0 Å². The van der Waals surface area contributed by atoms with Crippen molar-refractivity contribution in [2.24, 2.45) is 5.73 Å². The second-order valence-electron chi connectivity index (χ2n) is 2.70. The van der Waals surface area contributed by atoms with E-state index in [4.69, 9.17) is 0 Å². The molecule has 0 aliphatic carbocycles. The maximum atomic E-state index is 4.66. The molecule has 0 heterocycles. The molecule has 0 saturated heterocycles. The van der Waals surface area contributed by atoms with Gasteiger partial charge >= 0.3 is 69.9 Å². The molecule has 0 aromatic rings. The van der Waals surface area contributed by atoms with Gasteiger partial charge in [-0.1, -0.05) is 4.32 Å². The quantitative estimate of drug-likeness (QED) is 0.351. The Bertz CT molecular complexity index is 99.8. The van der Waals surface area contributed by atoms with Gasteiger partial charge in [-0.05, 0) is 0 Å². The predicted molar refractivity (Wildman–Crippen MR) is 69.3 cm³/mol. The summed E-state index contributed by atoms with van der Waals surface area (Å²) in [4.78, 5) is 0. The molecule has 0 atom stereocenters. The van der Waals surface area contributed by atoms with Crippen LogP contribution in [-0.4, -0.2) is 25.9 Å². The van der Waals surface area contributed by atoms with Crippen LogP contribution in [0.5, 0.6) is 0 Å². The van der Waals surface area contributed by atoms with E-state index < -0.39 is 0 Å². The molecule has 1 nitrogen and oxygen atoms in total. The molecular weight excluding hydrogens is 308 g/mol. The molecular formula is C9H20NS2Sb. The van der Waals surface area contributed by atoms with Gasteiger partial charge in [0.1, 0.15) is 0 Å². The first-order chi connectivity index (χ1) is 6.15. The Morgan fingerprint density at radius 3 is 1.77 bits per heavy atom. The van der Waals surface area contributed by atoms with Crippen LogP contribution in [0.2, 0.25) is 8.73 Å². The summed E-state index contributed by atoms with van der Waals surface area (Å²) in [6.45, 7) is 4.58. The molecule has 78 valence electrons. The molecule has 0 aromatic heterocycles. The fourth-order valence-electron chi connectivity index (χ4n) is 0.652. The summed E-state index contributed by atoms with van der Waals surface area (Å²) in [5, 5.41) is 0. The predicted octanol–water partition coefficient (Wildman–Crippen LogP) is 2.90. The van der Waals surface area contributed by atoms with E-state index in [2.05, 4.69) is 44.4 Å². The normalized spacial score (nSPS) is 8.77. The van der Waals surface area contributed by atoms with E-state index in [0.717, 1.165) is 0 Å². The smallest absolute Gasteiger partial charge is 0.0708 e. The Morgan fingerprint density at radius 1 is 1.23 bits per heavy atom. The number of hydrogen-bond acceptors (Lipinski definition) is 2. The number of nitrogens with two attached hydrogens (primary N) is 1. The summed E-state index contributed by atoms with van der Waals surface area (Å²) in [7, 11) is 0. The Kier molecular flexibility index (Phi) is 19.4. The van der Waals surface area contributed by atoms with E-state index in [1.165, 1.54) is 25.7 Å². The molecule has 13 heavy (non-hydrogen) atoms. The summed E-state index contributed by atoms with van der Waals surface area (Å²) < 4.78 is 3.29. The Labute approximate surface area is 104 Å². The first-order valence-electron chi connectivity index (χ1n) is 4.74. The van der Waals surface area contributed by atoms with Crippen molar-refractivity contribution in [1.29, 1.82) is 0 Å². The van der Waals surface area contributed by atoms with Crippen molar-refractivity contribution in [3.8, 4) is 0 Å². The third-order valence-corrected chi connectivity index (χ3v) is 4.95. The summed E-state index contributed by atoms with van der Waals surface area (Å²) in [5.74, 6) is 0. The van der Waals surface area contributed by atoms with Gasteiger partial charge in [0.15, 0.2) is 0 Å². The molecule has 0 amide bonds. The summed E-state index contributed by atoms with van der Waals surface area (Å²) in [5.41, 5.74) is 4.66. The maximum absolute atomic E-state index is 4.66. The van der Waals surface area contributed by atoms with Gasteiger partial charge in [-0.2, -0.15) is 0 Å². The molecule has 0 aliphatic rings. The van der Waals surface area contributed by atoms with Crippen LogP contribution < -0.4 is 5.73 Å². The minimum atomic E-state index is 0.0833. The number of unbranched alkanes of at least 4 members (excludes halogenated alkanes) is 2. The molecule has 0 aliphatic heterocycles. The molecule has 0 aromatic carbocycles. The van der Waals surface area contributed by atoms with Crippen molar-refractivity contribution in [3.05, 3.63) is 0 Å². The molecule has 0 unspecified atom stereocenters. The molecule has 4 heteroatoms. The number of rotatable bonds is 6. The van der Waals surface area contributed by atoms with Crippen molar-refractivity contribution in [2.45, 2.75) is 48.3 Å². The number of thiocarbonyl (C=S) groups is 1. The van der Waals surface area contributed by atoms with Crippen molar-refractivity contribution < 1.29 is 0 Å². The van der Waals surface area contributed by atoms with Gasteiger partial charge in [0, 0.05) is 0 Å². The van der Waals surface area contributed by atoms with E-state index >= 15 is 0 Å². The Balaban J connectivity index is 0. The van der Waals surface area contributed by atoms with E-state index in [1.54, 1.807) is 8.73 Å². The van der Waals surface area contributed by atoms with Crippen LogP contribution in [0.3, 0.4) is 0 Å². The fraction of sp³-hybridized carbons (Fsp3) is 0.889. The second kappa shape index (κ2) is 15.4. The molecule has 0 saturated carbocycles. The first kappa shape index (κ1) is 16.4. The molecule has 0 spiro atoms. The second-order valence-corrected chi connectivity index (χ2v) is 7.66. The van der Waals surface area contributed by atoms with Crippen LogP contribution in [0.25, 0.3) is 0 Å². The van der Waals surface area contributed by atoms with Gasteiger partial charge < -0.3 is 30.6 Å². The Morgan fingerprint density at radius 2 is 1.54 bits per heavy atom. The van der Waals surface area contributed by atoms with E-state index in [-0.39, 0.29) is 4.32 Å². The molecule has 0 rings (SSSR count). The minimum absolute atomic E-state index is 0.0833.